The molecule has 0 unspecified atom stereocenters. The molecule has 7 nitrogen and oxygen atoms in total. The van der Waals surface area contributed by atoms with Crippen molar-refractivity contribution in [1.29, 1.82) is 0 Å². The third-order valence-electron chi connectivity index (χ3n) is 3.93. The zero-order valence-electron chi connectivity index (χ0n) is 14.9. The molecule has 0 fully saturated rings. The number of aromatic nitrogens is 4. The van der Waals surface area contributed by atoms with Crippen molar-refractivity contribution in [3.05, 3.63) is 75.5 Å². The molecule has 2 aromatic carbocycles. The highest BCUT2D eigenvalue weighted by Crippen LogP contribution is 2.22. The van der Waals surface area contributed by atoms with Crippen LogP contribution in [0.4, 0.5) is 0 Å². The highest BCUT2D eigenvalue weighted by Gasteiger charge is 2.16. The van der Waals surface area contributed by atoms with Crippen molar-refractivity contribution in [3.63, 3.8) is 0 Å². The number of hydrogen-bond acceptors (Lipinski definition) is 6. The van der Waals surface area contributed by atoms with Crippen molar-refractivity contribution in [2.24, 2.45) is 0 Å². The maximum Gasteiger partial charge on any atom is 0.282 e. The van der Waals surface area contributed by atoms with Crippen molar-refractivity contribution in [2.75, 3.05) is 6.61 Å². The lowest BCUT2D eigenvalue weighted by Gasteiger charge is -2.06. The third-order valence-corrected chi connectivity index (χ3v) is 4.43. The number of hydrogen-bond donors (Lipinski definition) is 0. The summed E-state index contributed by atoms with van der Waals surface area (Å²) < 4.78 is 13.2. The molecule has 0 aliphatic heterocycles. The number of nitrogens with zero attached hydrogens (tertiary/aromatic N) is 4. The van der Waals surface area contributed by atoms with E-state index in [2.05, 4.69) is 31.2 Å². The fourth-order valence-corrected chi connectivity index (χ4v) is 3.01. The summed E-state index contributed by atoms with van der Waals surface area (Å²) in [6, 6.07) is 16.3. The van der Waals surface area contributed by atoms with Crippen LogP contribution in [-0.2, 0) is 0 Å². The Bertz CT molecular complexity index is 1170. The van der Waals surface area contributed by atoms with Gasteiger partial charge in [-0.2, -0.15) is 10.1 Å². The van der Waals surface area contributed by atoms with E-state index in [-0.39, 0.29) is 17.0 Å². The third kappa shape index (κ3) is 3.72. The van der Waals surface area contributed by atoms with Crippen molar-refractivity contribution >= 4 is 15.9 Å². The summed E-state index contributed by atoms with van der Waals surface area (Å²) in [7, 11) is 0. The number of rotatable bonds is 5. The van der Waals surface area contributed by atoms with Crippen molar-refractivity contribution in [3.8, 4) is 34.4 Å². The Morgan fingerprint density at radius 2 is 1.96 bits per heavy atom. The summed E-state index contributed by atoms with van der Waals surface area (Å²) in [5.41, 5.74) is 1.34. The predicted molar refractivity (Wildman–Crippen MR) is 107 cm³/mol. The maximum absolute atomic E-state index is 12.3. The fraction of sp³-hybridized carbons (Fsp3) is 0.100. The smallest absolute Gasteiger partial charge is 0.282 e. The van der Waals surface area contributed by atoms with Crippen LogP contribution in [0.25, 0.3) is 28.7 Å². The molecule has 8 heteroatoms. The molecule has 0 N–H and O–H groups in total. The van der Waals surface area contributed by atoms with Crippen molar-refractivity contribution in [1.82, 2.24) is 19.9 Å². The maximum atomic E-state index is 12.3. The van der Waals surface area contributed by atoms with Gasteiger partial charge in [0.15, 0.2) is 5.69 Å². The first-order chi connectivity index (χ1) is 13.6. The number of ether oxygens (including phenoxy) is 1. The Balaban J connectivity index is 1.68. The minimum absolute atomic E-state index is 0.0678. The lowest BCUT2D eigenvalue weighted by atomic mass is 10.2. The van der Waals surface area contributed by atoms with E-state index in [1.807, 2.05) is 55.5 Å². The zero-order chi connectivity index (χ0) is 19.5. The Kier molecular flexibility index (Phi) is 5.03. The Morgan fingerprint density at radius 1 is 1.14 bits per heavy atom. The summed E-state index contributed by atoms with van der Waals surface area (Å²) in [5.74, 6) is 1.20. The molecule has 0 saturated heterocycles. The van der Waals surface area contributed by atoms with Crippen molar-refractivity contribution in [2.45, 2.75) is 6.92 Å². The fourth-order valence-electron chi connectivity index (χ4n) is 2.62. The molecule has 0 atom stereocenters. The Labute approximate surface area is 168 Å². The van der Waals surface area contributed by atoms with Crippen LogP contribution < -0.4 is 10.2 Å². The highest BCUT2D eigenvalue weighted by atomic mass is 79.9. The molecule has 0 saturated carbocycles. The monoisotopic (exact) mass is 438 g/mol. The Morgan fingerprint density at radius 3 is 2.71 bits per heavy atom. The first-order valence-electron chi connectivity index (χ1n) is 8.57. The van der Waals surface area contributed by atoms with Gasteiger partial charge in [0.25, 0.3) is 5.89 Å². The van der Waals surface area contributed by atoms with Gasteiger partial charge in [-0.15, -0.1) is 0 Å². The van der Waals surface area contributed by atoms with Crippen LogP contribution in [0, 0.1) is 0 Å². The molecule has 0 radical (unpaired) electrons. The molecule has 140 valence electrons. The molecule has 28 heavy (non-hydrogen) atoms. The second-order valence-corrected chi connectivity index (χ2v) is 6.75. The van der Waals surface area contributed by atoms with Crippen LogP contribution in [0.15, 0.2) is 74.6 Å². The van der Waals surface area contributed by atoms with E-state index in [0.717, 1.165) is 21.5 Å². The van der Waals surface area contributed by atoms with Gasteiger partial charge in [0, 0.05) is 22.3 Å². The second kappa shape index (κ2) is 7.77. The van der Waals surface area contributed by atoms with Crippen LogP contribution in [0.3, 0.4) is 0 Å². The van der Waals surface area contributed by atoms with Gasteiger partial charge in [-0.05, 0) is 49.4 Å². The van der Waals surface area contributed by atoms with Crippen LogP contribution >= 0.6 is 15.9 Å². The van der Waals surface area contributed by atoms with Gasteiger partial charge < -0.3 is 9.26 Å². The molecule has 0 spiro atoms. The van der Waals surface area contributed by atoms with Gasteiger partial charge in [-0.25, -0.2) is 4.68 Å². The lowest BCUT2D eigenvalue weighted by molar-refractivity contribution is 0.340. The van der Waals surface area contributed by atoms with Gasteiger partial charge >= 0.3 is 0 Å². The molecule has 0 amide bonds. The first kappa shape index (κ1) is 18.1. The second-order valence-electron chi connectivity index (χ2n) is 5.83. The Hall–Kier alpha value is -3.26. The van der Waals surface area contributed by atoms with E-state index in [0.29, 0.717) is 12.4 Å². The quantitative estimate of drug-likeness (QED) is 0.466. The van der Waals surface area contributed by atoms with Gasteiger partial charge in [-0.3, -0.25) is 4.79 Å². The number of benzene rings is 2. The normalized spacial score (nSPS) is 10.8. The predicted octanol–water partition coefficient (Wildman–Crippen LogP) is 4.11. The highest BCUT2D eigenvalue weighted by molar-refractivity contribution is 9.10. The SMILES string of the molecule is CCOc1ccc(-c2noc(-c3nn(-c4cccc(Br)c4)ccc3=O)n2)cc1. The van der Waals surface area contributed by atoms with Crippen LogP contribution in [0.5, 0.6) is 5.75 Å². The van der Waals surface area contributed by atoms with E-state index in [4.69, 9.17) is 9.26 Å². The molecule has 0 bridgehead atoms. The molecule has 2 heterocycles. The summed E-state index contributed by atoms with van der Waals surface area (Å²) in [4.78, 5) is 16.6. The molecule has 2 aromatic heterocycles. The minimum atomic E-state index is -0.298. The standard InChI is InChI=1S/C20H15BrN4O3/c1-2-27-16-8-6-13(7-9-16)19-22-20(28-24-19)18-17(26)10-11-25(23-18)15-5-3-4-14(21)12-15/h3-12H,2H2,1H3. The minimum Gasteiger partial charge on any atom is -0.494 e. The lowest BCUT2D eigenvalue weighted by Crippen LogP contribution is -2.12. The zero-order valence-corrected chi connectivity index (χ0v) is 16.5. The molecule has 0 aliphatic carbocycles. The van der Waals surface area contributed by atoms with Gasteiger partial charge in [0.05, 0.1) is 12.3 Å². The summed E-state index contributed by atoms with van der Waals surface area (Å²) in [5, 5.41) is 8.34. The van der Waals surface area contributed by atoms with E-state index < -0.39 is 0 Å². The summed E-state index contributed by atoms with van der Waals surface area (Å²) in [6.07, 6.45) is 1.59. The number of halogens is 1. The van der Waals surface area contributed by atoms with Crippen LogP contribution in [0.2, 0.25) is 0 Å². The van der Waals surface area contributed by atoms with E-state index >= 15 is 0 Å². The topological polar surface area (TPSA) is 83.0 Å². The summed E-state index contributed by atoms with van der Waals surface area (Å²) >= 11 is 3.43. The molecule has 4 rings (SSSR count). The molecular formula is C20H15BrN4O3. The molecule has 0 aliphatic rings. The largest absolute Gasteiger partial charge is 0.494 e. The van der Waals surface area contributed by atoms with Gasteiger partial charge in [-0.1, -0.05) is 27.2 Å². The average Bonchev–Trinajstić information content (AvgIpc) is 3.19. The first-order valence-corrected chi connectivity index (χ1v) is 9.36. The molecule has 4 aromatic rings. The van der Waals surface area contributed by atoms with E-state index in [1.54, 1.807) is 10.9 Å². The summed E-state index contributed by atoms with van der Waals surface area (Å²) in [6.45, 7) is 2.52. The van der Waals surface area contributed by atoms with E-state index in [1.165, 1.54) is 6.07 Å². The average molecular weight is 439 g/mol. The van der Waals surface area contributed by atoms with Crippen molar-refractivity contribution < 1.29 is 9.26 Å². The van der Waals surface area contributed by atoms with Gasteiger partial charge in [0.2, 0.25) is 11.3 Å². The van der Waals surface area contributed by atoms with Crippen LogP contribution in [0.1, 0.15) is 6.92 Å². The van der Waals surface area contributed by atoms with Crippen LogP contribution in [-0.4, -0.2) is 26.5 Å². The molecular weight excluding hydrogens is 424 g/mol. The van der Waals surface area contributed by atoms with Gasteiger partial charge in [0.1, 0.15) is 5.75 Å². The van der Waals surface area contributed by atoms with E-state index in [9.17, 15) is 4.79 Å².